The number of unbranched alkanes of at least 4 members (excludes halogenated alkanes) is 1. The van der Waals surface area contributed by atoms with Crippen molar-refractivity contribution in [3.63, 3.8) is 0 Å². The number of ether oxygens (including phenoxy) is 2. The quantitative estimate of drug-likeness (QED) is 0.280. The lowest BCUT2D eigenvalue weighted by Gasteiger charge is -2.06. The summed E-state index contributed by atoms with van der Waals surface area (Å²) in [5, 5.41) is 17.0. The molecule has 2 rings (SSSR count). The van der Waals surface area contributed by atoms with Crippen molar-refractivity contribution in [3.05, 3.63) is 66.7 Å². The van der Waals surface area contributed by atoms with Crippen LogP contribution in [0.4, 0.5) is 11.4 Å². The molecule has 0 N–H and O–H groups in total. The van der Waals surface area contributed by atoms with Crippen molar-refractivity contribution >= 4 is 17.3 Å². The number of hydrogen-bond acceptors (Lipinski definition) is 6. The Labute approximate surface area is 152 Å². The van der Waals surface area contributed by atoms with Gasteiger partial charge in [-0.25, -0.2) is 4.79 Å². The van der Waals surface area contributed by atoms with E-state index in [1.165, 1.54) is 0 Å². The Hall–Kier alpha value is -3.46. The normalized spacial score (nSPS) is 10.3. The van der Waals surface area contributed by atoms with E-state index in [1.54, 1.807) is 24.3 Å². The third-order valence-electron chi connectivity index (χ3n) is 3.33. The minimum absolute atomic E-state index is 0.364. The summed E-state index contributed by atoms with van der Waals surface area (Å²) in [5.74, 6) is 0.335. The van der Waals surface area contributed by atoms with Crippen LogP contribution in [0.5, 0.6) is 5.75 Å². The molecule has 132 valence electrons. The van der Waals surface area contributed by atoms with Gasteiger partial charge in [0.25, 0.3) is 0 Å². The number of nitrogens with zero attached hydrogens (tertiary/aromatic N) is 3. The second kappa shape index (κ2) is 10.4. The topological polar surface area (TPSA) is 84.0 Å². The zero-order valence-corrected chi connectivity index (χ0v) is 14.3. The highest BCUT2D eigenvalue weighted by Gasteiger charge is 1.98. The van der Waals surface area contributed by atoms with Crippen molar-refractivity contribution in [1.29, 1.82) is 5.26 Å². The van der Waals surface area contributed by atoms with Crippen LogP contribution in [0.2, 0.25) is 0 Å². The fraction of sp³-hybridized carbons (Fsp3) is 0.200. The molecule has 0 unspecified atom stereocenters. The zero-order chi connectivity index (χ0) is 18.6. The van der Waals surface area contributed by atoms with E-state index in [1.807, 2.05) is 24.3 Å². The molecule has 0 saturated heterocycles. The predicted octanol–water partition coefficient (Wildman–Crippen LogP) is 4.86. The van der Waals surface area contributed by atoms with Crippen molar-refractivity contribution in [2.75, 3.05) is 13.2 Å². The van der Waals surface area contributed by atoms with Crippen LogP contribution in [-0.2, 0) is 9.53 Å². The first-order chi connectivity index (χ1) is 12.7. The molecule has 0 amide bonds. The van der Waals surface area contributed by atoms with Gasteiger partial charge in [0.05, 0.1) is 36.2 Å². The molecule has 0 spiro atoms. The second-order valence-corrected chi connectivity index (χ2v) is 5.28. The lowest BCUT2D eigenvalue weighted by atomic mass is 10.2. The van der Waals surface area contributed by atoms with Crippen molar-refractivity contribution in [2.45, 2.75) is 12.8 Å². The Kier molecular flexibility index (Phi) is 7.56. The Morgan fingerprint density at radius 2 is 1.58 bits per heavy atom. The molecule has 0 saturated carbocycles. The summed E-state index contributed by atoms with van der Waals surface area (Å²) in [6.45, 7) is 4.24. The lowest BCUT2D eigenvalue weighted by molar-refractivity contribution is -0.137. The highest BCUT2D eigenvalue weighted by atomic mass is 16.5. The molecular formula is C20H19N3O3. The highest BCUT2D eigenvalue weighted by molar-refractivity contribution is 5.81. The fourth-order valence-electron chi connectivity index (χ4n) is 1.95. The summed E-state index contributed by atoms with van der Waals surface area (Å²) >= 11 is 0. The van der Waals surface area contributed by atoms with E-state index in [4.69, 9.17) is 14.7 Å². The third-order valence-corrected chi connectivity index (χ3v) is 3.33. The molecule has 6 nitrogen and oxygen atoms in total. The van der Waals surface area contributed by atoms with Crippen molar-refractivity contribution < 1.29 is 14.3 Å². The van der Waals surface area contributed by atoms with E-state index in [9.17, 15) is 4.79 Å². The van der Waals surface area contributed by atoms with Crippen molar-refractivity contribution in [2.24, 2.45) is 10.2 Å². The van der Waals surface area contributed by atoms with E-state index >= 15 is 0 Å². The van der Waals surface area contributed by atoms with Crippen molar-refractivity contribution in [3.8, 4) is 11.8 Å². The number of nitriles is 1. The van der Waals surface area contributed by atoms with E-state index in [0.717, 1.165) is 24.7 Å². The van der Waals surface area contributed by atoms with Gasteiger partial charge in [-0.2, -0.15) is 15.5 Å². The molecule has 0 fully saturated rings. The fourth-order valence-corrected chi connectivity index (χ4v) is 1.95. The molecule has 2 aromatic rings. The van der Waals surface area contributed by atoms with Gasteiger partial charge < -0.3 is 9.47 Å². The van der Waals surface area contributed by atoms with Gasteiger partial charge in [-0.05, 0) is 61.4 Å². The van der Waals surface area contributed by atoms with Gasteiger partial charge >= 0.3 is 5.97 Å². The van der Waals surface area contributed by atoms with Crippen LogP contribution in [-0.4, -0.2) is 19.2 Å². The Morgan fingerprint density at radius 1 is 1.00 bits per heavy atom. The molecule has 0 atom stereocenters. The number of azo groups is 1. The molecule has 2 aromatic carbocycles. The van der Waals surface area contributed by atoms with E-state index in [2.05, 4.69) is 22.9 Å². The van der Waals surface area contributed by atoms with Gasteiger partial charge in [-0.3, -0.25) is 0 Å². The van der Waals surface area contributed by atoms with E-state index < -0.39 is 5.97 Å². The number of benzene rings is 2. The summed E-state index contributed by atoms with van der Waals surface area (Å²) < 4.78 is 10.5. The van der Waals surface area contributed by atoms with E-state index in [0.29, 0.717) is 30.2 Å². The van der Waals surface area contributed by atoms with E-state index in [-0.39, 0.29) is 0 Å². The number of carbonyl (C=O) groups is 1. The molecule has 0 bridgehead atoms. The maximum absolute atomic E-state index is 10.9. The average molecular weight is 349 g/mol. The first-order valence-electron chi connectivity index (χ1n) is 8.15. The lowest BCUT2D eigenvalue weighted by Crippen LogP contribution is -2.04. The van der Waals surface area contributed by atoms with Gasteiger partial charge in [0, 0.05) is 6.08 Å². The minimum Gasteiger partial charge on any atom is -0.494 e. The maximum atomic E-state index is 10.9. The molecule has 0 aliphatic rings. The Morgan fingerprint density at radius 3 is 2.15 bits per heavy atom. The highest BCUT2D eigenvalue weighted by Crippen LogP contribution is 2.21. The van der Waals surface area contributed by atoms with Crippen LogP contribution in [0.25, 0.3) is 0 Å². The largest absolute Gasteiger partial charge is 0.494 e. The van der Waals surface area contributed by atoms with Crippen LogP contribution in [0.3, 0.4) is 0 Å². The summed E-state index contributed by atoms with van der Waals surface area (Å²) in [6.07, 6.45) is 2.66. The average Bonchev–Trinajstić information content (AvgIpc) is 2.70. The molecule has 0 radical (unpaired) electrons. The summed E-state index contributed by atoms with van der Waals surface area (Å²) in [7, 11) is 0. The van der Waals surface area contributed by atoms with Gasteiger partial charge in [-0.1, -0.05) is 6.58 Å². The number of esters is 1. The smallest absolute Gasteiger partial charge is 0.330 e. The molecule has 6 heteroatoms. The SMILES string of the molecule is C=CC(=O)OCCCCOc1ccc(N=Nc2ccc(C#N)cc2)cc1. The van der Waals surface area contributed by atoms with Crippen molar-refractivity contribution in [1.82, 2.24) is 0 Å². The molecular weight excluding hydrogens is 330 g/mol. The molecule has 0 aromatic heterocycles. The summed E-state index contributed by atoms with van der Waals surface area (Å²) in [6, 6.07) is 16.2. The molecule has 0 aliphatic carbocycles. The monoisotopic (exact) mass is 349 g/mol. The standard InChI is InChI=1S/C20H19N3O3/c1-2-20(24)26-14-4-3-13-25-19-11-9-18(10-12-19)23-22-17-7-5-16(15-21)6-8-17/h2,5-12H,1,3-4,13-14H2. The maximum Gasteiger partial charge on any atom is 0.330 e. The molecule has 0 aliphatic heterocycles. The van der Waals surface area contributed by atoms with Gasteiger partial charge in [0.1, 0.15) is 5.75 Å². The number of carbonyl (C=O) groups excluding carboxylic acids is 1. The van der Waals surface area contributed by atoms with Crippen LogP contribution in [0, 0.1) is 11.3 Å². The predicted molar refractivity (Wildman–Crippen MR) is 97.7 cm³/mol. The Bertz CT molecular complexity index is 791. The molecule has 26 heavy (non-hydrogen) atoms. The minimum atomic E-state index is -0.406. The first-order valence-corrected chi connectivity index (χ1v) is 8.15. The van der Waals surface area contributed by atoms with Crippen LogP contribution >= 0.6 is 0 Å². The first kappa shape index (κ1) is 18.9. The van der Waals surface area contributed by atoms with Gasteiger partial charge in [0.2, 0.25) is 0 Å². The van der Waals surface area contributed by atoms with Crippen LogP contribution in [0.1, 0.15) is 18.4 Å². The number of rotatable bonds is 9. The third kappa shape index (κ3) is 6.57. The Balaban J connectivity index is 1.73. The van der Waals surface area contributed by atoms with Crippen LogP contribution < -0.4 is 4.74 Å². The second-order valence-electron chi connectivity index (χ2n) is 5.28. The number of hydrogen-bond donors (Lipinski definition) is 0. The summed E-state index contributed by atoms with van der Waals surface area (Å²) in [4.78, 5) is 10.9. The van der Waals surface area contributed by atoms with Crippen LogP contribution in [0.15, 0.2) is 71.4 Å². The van der Waals surface area contributed by atoms with Gasteiger partial charge in [0.15, 0.2) is 0 Å². The summed E-state index contributed by atoms with van der Waals surface area (Å²) in [5.41, 5.74) is 1.98. The zero-order valence-electron chi connectivity index (χ0n) is 14.3. The molecule has 0 heterocycles. The van der Waals surface area contributed by atoms with Gasteiger partial charge in [-0.15, -0.1) is 0 Å².